The number of rotatable bonds is 7. The lowest BCUT2D eigenvalue weighted by Gasteiger charge is -2.11. The van der Waals surface area contributed by atoms with Crippen LogP contribution in [0.4, 0.5) is 10.5 Å². The molecule has 0 aromatic heterocycles. The molecule has 2 N–H and O–H groups in total. The Bertz CT molecular complexity index is 686. The molecule has 1 fully saturated rings. The van der Waals surface area contributed by atoms with Crippen LogP contribution >= 0.6 is 0 Å². The number of imide groups is 1. The predicted octanol–water partition coefficient (Wildman–Crippen LogP) is 1.12. The van der Waals surface area contributed by atoms with Crippen LogP contribution in [0, 0.1) is 13.8 Å². The van der Waals surface area contributed by atoms with Gasteiger partial charge in [0.15, 0.2) is 6.61 Å². The molecule has 1 saturated heterocycles. The average molecular weight is 347 g/mol. The van der Waals surface area contributed by atoms with Gasteiger partial charge in [0.25, 0.3) is 5.91 Å². The summed E-state index contributed by atoms with van der Waals surface area (Å²) in [4.78, 5) is 47.2. The van der Waals surface area contributed by atoms with E-state index < -0.39 is 17.9 Å². The molecule has 0 bridgehead atoms. The number of hydrogen-bond acceptors (Lipinski definition) is 5. The Labute approximate surface area is 145 Å². The summed E-state index contributed by atoms with van der Waals surface area (Å²) in [5, 5.41) is 5.05. The number of amides is 4. The van der Waals surface area contributed by atoms with E-state index in [1.807, 2.05) is 26.0 Å². The van der Waals surface area contributed by atoms with Crippen molar-refractivity contribution in [2.45, 2.75) is 26.7 Å². The average Bonchev–Trinajstić information content (AvgIpc) is 2.88. The quantitative estimate of drug-likeness (QED) is 0.568. The molecule has 2 rings (SSSR count). The molecule has 8 nitrogen and oxygen atoms in total. The van der Waals surface area contributed by atoms with Gasteiger partial charge in [-0.25, -0.2) is 4.79 Å². The number of urea groups is 1. The summed E-state index contributed by atoms with van der Waals surface area (Å²) in [7, 11) is 0. The van der Waals surface area contributed by atoms with Crippen LogP contribution in [0.5, 0.6) is 0 Å². The van der Waals surface area contributed by atoms with Gasteiger partial charge in [-0.3, -0.25) is 19.3 Å². The highest BCUT2D eigenvalue weighted by atomic mass is 16.5. The fourth-order valence-electron chi connectivity index (χ4n) is 2.30. The van der Waals surface area contributed by atoms with Gasteiger partial charge in [0.2, 0.25) is 5.91 Å². The van der Waals surface area contributed by atoms with E-state index in [0.29, 0.717) is 5.69 Å². The van der Waals surface area contributed by atoms with Crippen molar-refractivity contribution in [3.8, 4) is 0 Å². The van der Waals surface area contributed by atoms with Gasteiger partial charge in [-0.05, 0) is 43.5 Å². The first-order chi connectivity index (χ1) is 11.9. The van der Waals surface area contributed by atoms with E-state index in [1.165, 1.54) is 0 Å². The minimum absolute atomic E-state index is 0.0120. The molecule has 0 unspecified atom stereocenters. The van der Waals surface area contributed by atoms with E-state index in [9.17, 15) is 19.2 Å². The highest BCUT2D eigenvalue weighted by Crippen LogP contribution is 2.14. The summed E-state index contributed by atoms with van der Waals surface area (Å²) in [6, 6.07) is 5.06. The first kappa shape index (κ1) is 18.4. The van der Waals surface area contributed by atoms with Gasteiger partial charge in [0.05, 0.1) is 6.54 Å². The number of esters is 1. The summed E-state index contributed by atoms with van der Waals surface area (Å²) in [6.45, 7) is 3.67. The Hall–Kier alpha value is -2.90. The van der Waals surface area contributed by atoms with Gasteiger partial charge in [0, 0.05) is 18.7 Å². The molecule has 0 saturated carbocycles. The number of carbonyl (C=O) groups is 4. The zero-order valence-electron chi connectivity index (χ0n) is 14.3. The third-order valence-electron chi connectivity index (χ3n) is 3.85. The molecule has 0 atom stereocenters. The van der Waals surface area contributed by atoms with Crippen LogP contribution in [-0.4, -0.2) is 48.4 Å². The van der Waals surface area contributed by atoms with E-state index >= 15 is 0 Å². The topological polar surface area (TPSA) is 105 Å². The maximum atomic E-state index is 11.8. The zero-order chi connectivity index (χ0) is 18.4. The normalized spacial score (nSPS) is 13.6. The van der Waals surface area contributed by atoms with Crippen molar-refractivity contribution in [3.05, 3.63) is 29.3 Å². The Morgan fingerprint density at radius 2 is 2.00 bits per heavy atom. The first-order valence-electron chi connectivity index (χ1n) is 7.97. The number of anilines is 1. The lowest BCUT2D eigenvalue weighted by Crippen LogP contribution is -2.32. The van der Waals surface area contributed by atoms with Gasteiger partial charge in [-0.2, -0.15) is 0 Å². The van der Waals surface area contributed by atoms with Crippen molar-refractivity contribution < 1.29 is 23.9 Å². The van der Waals surface area contributed by atoms with Crippen LogP contribution in [0.25, 0.3) is 0 Å². The van der Waals surface area contributed by atoms with Crippen molar-refractivity contribution in [1.29, 1.82) is 0 Å². The molecule has 0 radical (unpaired) electrons. The molecular weight excluding hydrogens is 326 g/mol. The lowest BCUT2D eigenvalue weighted by atomic mass is 10.1. The third kappa shape index (κ3) is 5.30. The van der Waals surface area contributed by atoms with Gasteiger partial charge >= 0.3 is 12.0 Å². The number of ether oxygens (including phenoxy) is 1. The molecule has 0 aliphatic carbocycles. The van der Waals surface area contributed by atoms with Crippen LogP contribution in [-0.2, 0) is 19.1 Å². The predicted molar refractivity (Wildman–Crippen MR) is 89.9 cm³/mol. The molecule has 4 amide bonds. The van der Waals surface area contributed by atoms with Gasteiger partial charge < -0.3 is 15.4 Å². The second kappa shape index (κ2) is 8.27. The number of nitrogens with zero attached hydrogens (tertiary/aromatic N) is 1. The summed E-state index contributed by atoms with van der Waals surface area (Å²) in [6.07, 6.45) is 0.310. The standard InChI is InChI=1S/C17H21N3O5/c1-11-5-6-13(8-12(11)2)19-14(21)10-25-16(23)4-3-7-20-15(22)9-18-17(20)24/h5-6,8H,3-4,7,9-10H2,1-2H3,(H,18,24)(H,19,21). The molecule has 1 aromatic carbocycles. The van der Waals surface area contributed by atoms with Crippen LogP contribution in [0.3, 0.4) is 0 Å². The lowest BCUT2D eigenvalue weighted by molar-refractivity contribution is -0.147. The Balaban J connectivity index is 1.67. The summed E-state index contributed by atoms with van der Waals surface area (Å²) in [5.41, 5.74) is 2.81. The number of hydrogen-bond donors (Lipinski definition) is 2. The van der Waals surface area contributed by atoms with Crippen LogP contribution in [0.1, 0.15) is 24.0 Å². The third-order valence-corrected chi connectivity index (χ3v) is 3.85. The van der Waals surface area contributed by atoms with Crippen LogP contribution in [0.2, 0.25) is 0 Å². The Morgan fingerprint density at radius 3 is 2.64 bits per heavy atom. The SMILES string of the molecule is Cc1ccc(NC(=O)COC(=O)CCCN2C(=O)CNC2=O)cc1C. The molecular formula is C17H21N3O5. The smallest absolute Gasteiger partial charge is 0.324 e. The maximum Gasteiger partial charge on any atom is 0.324 e. The van der Waals surface area contributed by atoms with E-state index in [2.05, 4.69) is 10.6 Å². The minimum atomic E-state index is -0.553. The highest BCUT2D eigenvalue weighted by Gasteiger charge is 2.27. The molecule has 1 heterocycles. The van der Waals surface area contributed by atoms with Crippen LogP contribution in [0.15, 0.2) is 18.2 Å². The molecule has 134 valence electrons. The molecule has 1 aromatic rings. The van der Waals surface area contributed by atoms with Gasteiger partial charge in [-0.15, -0.1) is 0 Å². The molecule has 1 aliphatic rings. The molecule has 8 heteroatoms. The fourth-order valence-corrected chi connectivity index (χ4v) is 2.30. The highest BCUT2D eigenvalue weighted by molar-refractivity contribution is 6.01. The van der Waals surface area contributed by atoms with E-state index in [0.717, 1.165) is 16.0 Å². The molecule has 25 heavy (non-hydrogen) atoms. The second-order valence-corrected chi connectivity index (χ2v) is 5.82. The number of aryl methyl sites for hydroxylation is 2. The van der Waals surface area contributed by atoms with Crippen molar-refractivity contribution >= 4 is 29.5 Å². The number of nitrogens with one attached hydrogen (secondary N) is 2. The summed E-state index contributed by atoms with van der Waals surface area (Å²) in [5.74, 6) is -1.29. The Morgan fingerprint density at radius 1 is 1.24 bits per heavy atom. The summed E-state index contributed by atoms with van der Waals surface area (Å²) < 4.78 is 4.89. The first-order valence-corrected chi connectivity index (χ1v) is 7.97. The van der Waals surface area contributed by atoms with Crippen molar-refractivity contribution in [2.75, 3.05) is 25.0 Å². The Kier molecular flexibility index (Phi) is 6.10. The largest absolute Gasteiger partial charge is 0.456 e. The number of benzene rings is 1. The van der Waals surface area contributed by atoms with E-state index in [1.54, 1.807) is 6.07 Å². The second-order valence-electron chi connectivity index (χ2n) is 5.82. The van der Waals surface area contributed by atoms with Crippen LogP contribution < -0.4 is 10.6 Å². The monoisotopic (exact) mass is 347 g/mol. The fraction of sp³-hybridized carbons (Fsp3) is 0.412. The minimum Gasteiger partial charge on any atom is -0.456 e. The van der Waals surface area contributed by atoms with E-state index in [-0.39, 0.29) is 38.4 Å². The van der Waals surface area contributed by atoms with Gasteiger partial charge in [0.1, 0.15) is 0 Å². The van der Waals surface area contributed by atoms with Crippen molar-refractivity contribution in [3.63, 3.8) is 0 Å². The maximum absolute atomic E-state index is 11.8. The van der Waals surface area contributed by atoms with Gasteiger partial charge in [-0.1, -0.05) is 6.07 Å². The molecule has 1 aliphatic heterocycles. The zero-order valence-corrected chi connectivity index (χ0v) is 14.3. The molecule has 0 spiro atoms. The van der Waals surface area contributed by atoms with Crippen molar-refractivity contribution in [2.24, 2.45) is 0 Å². The van der Waals surface area contributed by atoms with E-state index in [4.69, 9.17) is 4.74 Å². The summed E-state index contributed by atoms with van der Waals surface area (Å²) >= 11 is 0. The van der Waals surface area contributed by atoms with Crippen molar-refractivity contribution in [1.82, 2.24) is 10.2 Å². The number of carbonyl (C=O) groups excluding carboxylic acids is 4.